The normalized spacial score (nSPS) is 17.0. The maximum atomic E-state index is 12.0. The Bertz CT molecular complexity index is 1510. The van der Waals surface area contributed by atoms with Crippen LogP contribution in [-0.2, 0) is 4.79 Å². The molecule has 1 saturated heterocycles. The molecule has 0 aliphatic carbocycles. The molecule has 0 spiro atoms. The molecular weight excluding hydrogens is 492 g/mol. The number of rotatable bonds is 6. The summed E-state index contributed by atoms with van der Waals surface area (Å²) < 4.78 is 2.20. The van der Waals surface area contributed by atoms with Gasteiger partial charge in [0, 0.05) is 41.6 Å². The number of aryl methyl sites for hydroxylation is 3. The second-order valence-electron chi connectivity index (χ2n) is 9.75. The number of thiocarbonyl (C=S) groups is 1. The molecule has 0 unspecified atom stereocenters. The van der Waals surface area contributed by atoms with Crippen LogP contribution in [0.4, 0.5) is 11.4 Å². The first kappa shape index (κ1) is 25.6. The van der Waals surface area contributed by atoms with Crippen molar-refractivity contribution in [3.05, 3.63) is 101 Å². The molecule has 0 bridgehead atoms. The Kier molecular flexibility index (Phi) is 6.99. The number of amides is 1. The first-order valence-corrected chi connectivity index (χ1v) is 13.2. The third-order valence-corrected chi connectivity index (χ3v) is 7.42. The van der Waals surface area contributed by atoms with Crippen LogP contribution in [0.2, 0.25) is 0 Å². The highest BCUT2D eigenvalue weighted by molar-refractivity contribution is 7.80. The largest absolute Gasteiger partial charge is 0.351 e. The summed E-state index contributed by atoms with van der Waals surface area (Å²) in [6, 6.07) is 18.0. The smallest absolute Gasteiger partial charge is 0.224 e. The fourth-order valence-corrected chi connectivity index (χ4v) is 5.55. The topological polar surface area (TPSA) is 75.1 Å². The molecule has 4 heterocycles. The number of hydrogen-bond acceptors (Lipinski definition) is 4. The third-order valence-electron chi connectivity index (χ3n) is 7.10. The Morgan fingerprint density at radius 3 is 2.53 bits per heavy atom. The van der Waals surface area contributed by atoms with Gasteiger partial charge in [0.05, 0.1) is 17.8 Å². The summed E-state index contributed by atoms with van der Waals surface area (Å²) in [4.78, 5) is 23.5. The van der Waals surface area contributed by atoms with E-state index in [-0.39, 0.29) is 18.0 Å². The van der Waals surface area contributed by atoms with Crippen molar-refractivity contribution in [2.45, 2.75) is 53.1 Å². The van der Waals surface area contributed by atoms with Crippen molar-refractivity contribution < 1.29 is 4.79 Å². The van der Waals surface area contributed by atoms with Crippen LogP contribution in [0.1, 0.15) is 59.2 Å². The first-order chi connectivity index (χ1) is 18.3. The lowest BCUT2D eigenvalue weighted by Gasteiger charge is -2.29. The molecule has 1 aromatic carbocycles. The molecule has 2 atom stereocenters. The van der Waals surface area contributed by atoms with Gasteiger partial charge in [-0.05, 0) is 105 Å². The summed E-state index contributed by atoms with van der Waals surface area (Å²) in [7, 11) is 0. The van der Waals surface area contributed by atoms with E-state index in [4.69, 9.17) is 12.2 Å². The lowest BCUT2D eigenvalue weighted by atomic mass is 9.96. The lowest BCUT2D eigenvalue weighted by molar-refractivity contribution is -0.115. The van der Waals surface area contributed by atoms with E-state index in [0.29, 0.717) is 11.5 Å². The van der Waals surface area contributed by atoms with E-state index in [2.05, 4.69) is 69.0 Å². The molecule has 1 fully saturated rings. The van der Waals surface area contributed by atoms with E-state index in [9.17, 15) is 4.79 Å². The van der Waals surface area contributed by atoms with Gasteiger partial charge in [0.2, 0.25) is 5.91 Å². The van der Waals surface area contributed by atoms with Crippen LogP contribution in [0, 0.1) is 27.7 Å². The second kappa shape index (κ2) is 10.4. The second-order valence-corrected chi connectivity index (χ2v) is 10.1. The van der Waals surface area contributed by atoms with E-state index in [0.717, 1.165) is 51.0 Å². The quantitative estimate of drug-likeness (QED) is 0.300. The summed E-state index contributed by atoms with van der Waals surface area (Å²) in [5, 5.41) is 7.16. The van der Waals surface area contributed by atoms with Crippen molar-refractivity contribution in [2.24, 2.45) is 0 Å². The minimum atomic E-state index is -0.150. The zero-order valence-corrected chi connectivity index (χ0v) is 23.1. The van der Waals surface area contributed by atoms with Crippen LogP contribution < -0.4 is 15.5 Å². The number of aromatic nitrogens is 3. The Labute approximate surface area is 228 Å². The van der Waals surface area contributed by atoms with Crippen molar-refractivity contribution in [1.82, 2.24) is 19.9 Å². The molecule has 3 aromatic heterocycles. The Morgan fingerprint density at radius 2 is 1.84 bits per heavy atom. The van der Waals surface area contributed by atoms with Crippen molar-refractivity contribution in [1.29, 1.82) is 0 Å². The zero-order chi connectivity index (χ0) is 27.0. The Morgan fingerprint density at radius 1 is 1.03 bits per heavy atom. The average molecular weight is 525 g/mol. The monoisotopic (exact) mass is 524 g/mol. The maximum absolute atomic E-state index is 12.0. The van der Waals surface area contributed by atoms with E-state index in [1.165, 1.54) is 0 Å². The SMILES string of the molecule is CCC(=O)Nc1ccc(N2C(=S)N[C@H](c3ccccn3)[C@@H]2c2cc(C)n(-c3cc(C)ccn3)c2C)cc1C. The molecule has 194 valence electrons. The zero-order valence-electron chi connectivity index (χ0n) is 22.3. The molecule has 1 aliphatic heterocycles. The molecule has 38 heavy (non-hydrogen) atoms. The standard InChI is InChI=1S/C30H32N6OS/c1-6-27(37)33-24-11-10-22(16-19(24)3)36-29(28(34-30(36)38)25-9-7-8-13-31-25)23-17-20(4)35(21(23)5)26-15-18(2)12-14-32-26/h7-17,28-29H,6H2,1-5H3,(H,33,37)(H,34,38)/t28-,29+/m1/s1. The van der Waals surface area contributed by atoms with Crippen molar-refractivity contribution in [3.8, 4) is 5.82 Å². The predicted octanol–water partition coefficient (Wildman–Crippen LogP) is 6.03. The molecule has 0 radical (unpaired) electrons. The number of nitrogens with one attached hydrogen (secondary N) is 2. The number of nitrogens with zero attached hydrogens (tertiary/aromatic N) is 4. The van der Waals surface area contributed by atoms with Gasteiger partial charge in [-0.3, -0.25) is 9.78 Å². The number of benzene rings is 1. The summed E-state index contributed by atoms with van der Waals surface area (Å²) in [6.45, 7) is 10.2. The van der Waals surface area contributed by atoms with Crippen LogP contribution in [-0.4, -0.2) is 25.6 Å². The van der Waals surface area contributed by atoms with Gasteiger partial charge in [0.25, 0.3) is 0 Å². The van der Waals surface area contributed by atoms with Crippen LogP contribution in [0.3, 0.4) is 0 Å². The molecule has 7 nitrogen and oxygen atoms in total. The Hall–Kier alpha value is -4.04. The van der Waals surface area contributed by atoms with Crippen LogP contribution in [0.25, 0.3) is 5.82 Å². The van der Waals surface area contributed by atoms with Crippen LogP contribution in [0.15, 0.2) is 67.0 Å². The highest BCUT2D eigenvalue weighted by Crippen LogP contribution is 2.44. The van der Waals surface area contributed by atoms with Gasteiger partial charge in [-0.15, -0.1) is 0 Å². The molecule has 4 aromatic rings. The number of hydrogen-bond donors (Lipinski definition) is 2. The number of carbonyl (C=O) groups is 1. The van der Waals surface area contributed by atoms with Crippen molar-refractivity contribution in [3.63, 3.8) is 0 Å². The van der Waals surface area contributed by atoms with E-state index >= 15 is 0 Å². The highest BCUT2D eigenvalue weighted by atomic mass is 32.1. The molecule has 2 N–H and O–H groups in total. The number of carbonyl (C=O) groups excluding carboxylic acids is 1. The van der Waals surface area contributed by atoms with Gasteiger partial charge in [0.1, 0.15) is 5.82 Å². The van der Waals surface area contributed by atoms with Gasteiger partial charge in [-0.25, -0.2) is 4.98 Å². The van der Waals surface area contributed by atoms with Gasteiger partial charge in [-0.2, -0.15) is 0 Å². The molecule has 0 saturated carbocycles. The van der Waals surface area contributed by atoms with Crippen LogP contribution in [0.5, 0.6) is 0 Å². The minimum Gasteiger partial charge on any atom is -0.351 e. The summed E-state index contributed by atoms with van der Waals surface area (Å²) >= 11 is 5.93. The van der Waals surface area contributed by atoms with E-state index in [1.54, 1.807) is 0 Å². The minimum absolute atomic E-state index is 0.00972. The maximum Gasteiger partial charge on any atom is 0.224 e. The summed E-state index contributed by atoms with van der Waals surface area (Å²) in [6.07, 6.45) is 4.09. The molecular formula is C30H32N6OS. The molecule has 1 aliphatic rings. The van der Waals surface area contributed by atoms with E-state index < -0.39 is 0 Å². The van der Waals surface area contributed by atoms with Crippen molar-refractivity contribution >= 4 is 34.6 Å². The Balaban J connectivity index is 1.64. The van der Waals surface area contributed by atoms with E-state index in [1.807, 2.05) is 62.6 Å². The van der Waals surface area contributed by atoms with Gasteiger partial charge in [0.15, 0.2) is 5.11 Å². The van der Waals surface area contributed by atoms with Crippen molar-refractivity contribution in [2.75, 3.05) is 10.2 Å². The number of pyridine rings is 2. The average Bonchev–Trinajstić information content (AvgIpc) is 3.40. The van der Waals surface area contributed by atoms with Crippen LogP contribution >= 0.6 is 12.2 Å². The fourth-order valence-electron chi connectivity index (χ4n) is 5.21. The molecule has 8 heteroatoms. The number of anilines is 2. The summed E-state index contributed by atoms with van der Waals surface area (Å²) in [5.74, 6) is 0.886. The molecule has 1 amide bonds. The van der Waals surface area contributed by atoms with Gasteiger partial charge < -0.3 is 20.1 Å². The summed E-state index contributed by atoms with van der Waals surface area (Å²) in [5.41, 5.74) is 8.16. The van der Waals surface area contributed by atoms with Gasteiger partial charge >= 0.3 is 0 Å². The van der Waals surface area contributed by atoms with Gasteiger partial charge in [-0.1, -0.05) is 13.0 Å². The third kappa shape index (κ3) is 4.67. The first-order valence-electron chi connectivity index (χ1n) is 12.8. The predicted molar refractivity (Wildman–Crippen MR) is 156 cm³/mol. The lowest BCUT2D eigenvalue weighted by Crippen LogP contribution is -2.29. The highest BCUT2D eigenvalue weighted by Gasteiger charge is 2.42. The molecule has 5 rings (SSSR count). The fraction of sp³-hybridized carbons (Fsp3) is 0.267.